The van der Waals surface area contributed by atoms with E-state index in [2.05, 4.69) is 10.2 Å². The predicted molar refractivity (Wildman–Crippen MR) is 114 cm³/mol. The number of benzene rings is 2. The minimum Gasteiger partial charge on any atom is -0.493 e. The fourth-order valence-electron chi connectivity index (χ4n) is 2.95. The zero-order valence-electron chi connectivity index (χ0n) is 17.3. The lowest BCUT2D eigenvalue weighted by Crippen LogP contribution is -2.36. The number of halogens is 4. The average molecular weight is 470 g/mol. The van der Waals surface area contributed by atoms with Crippen LogP contribution in [0.5, 0.6) is 5.75 Å². The van der Waals surface area contributed by atoms with Gasteiger partial charge in [-0.15, -0.1) is 10.2 Å². The summed E-state index contributed by atoms with van der Waals surface area (Å²) >= 11 is 1.02. The first-order valence-corrected chi connectivity index (χ1v) is 10.7. The smallest absolute Gasteiger partial charge is 0.419 e. The van der Waals surface area contributed by atoms with E-state index in [4.69, 9.17) is 10.5 Å². The number of hydrogen-bond acceptors (Lipinski definition) is 6. The minimum absolute atomic E-state index is 0.0999. The van der Waals surface area contributed by atoms with E-state index in [1.807, 2.05) is 0 Å². The average Bonchev–Trinajstić information content (AvgIpc) is 3.24. The van der Waals surface area contributed by atoms with E-state index < -0.39 is 17.3 Å². The van der Waals surface area contributed by atoms with Crippen LogP contribution in [-0.2, 0) is 18.1 Å². The summed E-state index contributed by atoms with van der Waals surface area (Å²) in [6, 6.07) is 9.94. The molecule has 0 aliphatic rings. The molecule has 32 heavy (non-hydrogen) atoms. The molecule has 0 amide bonds. The van der Waals surface area contributed by atoms with Crippen LogP contribution in [0, 0.1) is 5.82 Å². The van der Waals surface area contributed by atoms with E-state index in [0.717, 1.165) is 23.0 Å². The summed E-state index contributed by atoms with van der Waals surface area (Å²) in [6.07, 6.45) is -2.84. The van der Waals surface area contributed by atoms with Crippen molar-refractivity contribution < 1.29 is 27.4 Å². The molecule has 10 heteroatoms. The van der Waals surface area contributed by atoms with Crippen LogP contribution >= 0.6 is 11.3 Å². The zero-order valence-corrected chi connectivity index (χ0v) is 18.1. The second-order valence-corrected chi connectivity index (χ2v) is 8.61. The number of ether oxygens (including phenoxy) is 1. The van der Waals surface area contributed by atoms with Crippen molar-refractivity contribution in [3.63, 3.8) is 0 Å². The van der Waals surface area contributed by atoms with Gasteiger partial charge in [0.2, 0.25) is 0 Å². The van der Waals surface area contributed by atoms with Gasteiger partial charge in [-0.1, -0.05) is 23.5 Å². The predicted octanol–water partition coefficient (Wildman–Crippen LogP) is 4.93. The second kappa shape index (κ2) is 9.93. The molecule has 172 valence electrons. The summed E-state index contributed by atoms with van der Waals surface area (Å²) in [7, 11) is 0. The zero-order chi connectivity index (χ0) is 23.4. The lowest BCUT2D eigenvalue weighted by atomic mass is 10.1. The fourth-order valence-corrected chi connectivity index (χ4v) is 3.84. The summed E-state index contributed by atoms with van der Waals surface area (Å²) in [5.74, 6) is -0.584. The van der Waals surface area contributed by atoms with Gasteiger partial charge in [-0.25, -0.2) is 4.39 Å². The topological polar surface area (TPSA) is 81.3 Å². The van der Waals surface area contributed by atoms with Crippen molar-refractivity contribution in [1.82, 2.24) is 10.2 Å². The molecule has 2 aromatic carbocycles. The van der Waals surface area contributed by atoms with Crippen LogP contribution in [0.2, 0.25) is 0 Å². The molecule has 1 heterocycles. The molecule has 3 N–H and O–H groups in total. The van der Waals surface area contributed by atoms with Crippen molar-refractivity contribution >= 4 is 11.3 Å². The molecule has 0 bridgehead atoms. The molecule has 5 nitrogen and oxygen atoms in total. The maximum Gasteiger partial charge on any atom is 0.419 e. The number of aliphatic hydroxyl groups excluding tert-OH is 1. The number of aliphatic hydroxyl groups is 1. The first-order chi connectivity index (χ1) is 15.1. The highest BCUT2D eigenvalue weighted by atomic mass is 32.1. The molecule has 0 unspecified atom stereocenters. The summed E-state index contributed by atoms with van der Waals surface area (Å²) in [6.45, 7) is 1.29. The lowest BCUT2D eigenvalue weighted by molar-refractivity contribution is -0.138. The number of aryl methyl sites for hydroxylation is 1. The summed E-state index contributed by atoms with van der Waals surface area (Å²) in [5.41, 5.74) is 4.94. The van der Waals surface area contributed by atoms with Crippen molar-refractivity contribution in [3.8, 4) is 16.3 Å². The molecular formula is C22H23F4N3O2S. The van der Waals surface area contributed by atoms with E-state index in [1.54, 1.807) is 19.1 Å². The summed E-state index contributed by atoms with van der Waals surface area (Å²) in [5, 5.41) is 17.7. The quantitative estimate of drug-likeness (QED) is 0.343. The van der Waals surface area contributed by atoms with E-state index in [-0.39, 0.29) is 35.4 Å². The van der Waals surface area contributed by atoms with Crippen molar-refractivity contribution in [2.75, 3.05) is 13.2 Å². The van der Waals surface area contributed by atoms with E-state index in [1.165, 1.54) is 24.3 Å². The first-order valence-electron chi connectivity index (χ1n) is 9.93. The van der Waals surface area contributed by atoms with Gasteiger partial charge in [0, 0.05) is 5.56 Å². The van der Waals surface area contributed by atoms with Gasteiger partial charge in [0.15, 0.2) is 0 Å². The van der Waals surface area contributed by atoms with Crippen LogP contribution in [0.1, 0.15) is 35.9 Å². The Bertz CT molecular complexity index is 1050. The van der Waals surface area contributed by atoms with Crippen LogP contribution < -0.4 is 10.5 Å². The molecule has 0 saturated heterocycles. The standard InChI is InChI=1S/C22H23F4N3O2S/c1-21(27,13-30)20-29-28-19(32-20)15-8-9-18(17(12-15)22(24,25)26)31-10-3-2-5-14-6-4-7-16(23)11-14/h4,6-9,11-12,30H,2-3,5,10,13,27H2,1H3/t21-/m0/s1. The second-order valence-electron chi connectivity index (χ2n) is 7.63. The molecule has 1 aromatic heterocycles. The summed E-state index contributed by atoms with van der Waals surface area (Å²) < 4.78 is 59.5. The number of unbranched alkanes of at least 4 members (excludes halogenated alkanes) is 1. The van der Waals surface area contributed by atoms with Gasteiger partial charge in [0.05, 0.1) is 24.3 Å². The van der Waals surface area contributed by atoms with Gasteiger partial charge in [-0.2, -0.15) is 13.2 Å². The fraction of sp³-hybridized carbons (Fsp3) is 0.364. The molecule has 0 aliphatic heterocycles. The van der Waals surface area contributed by atoms with Gasteiger partial charge in [-0.3, -0.25) is 0 Å². The van der Waals surface area contributed by atoms with Gasteiger partial charge in [0.1, 0.15) is 21.6 Å². The highest BCUT2D eigenvalue weighted by Crippen LogP contribution is 2.39. The van der Waals surface area contributed by atoms with Crippen LogP contribution in [0.15, 0.2) is 42.5 Å². The molecular weight excluding hydrogens is 446 g/mol. The van der Waals surface area contributed by atoms with E-state index >= 15 is 0 Å². The number of aromatic nitrogens is 2. The molecule has 0 aliphatic carbocycles. The van der Waals surface area contributed by atoms with Crippen molar-refractivity contribution in [2.45, 2.75) is 37.9 Å². The van der Waals surface area contributed by atoms with Gasteiger partial charge in [0.25, 0.3) is 0 Å². The largest absolute Gasteiger partial charge is 0.493 e. The third-order valence-corrected chi connectivity index (χ3v) is 6.03. The Hall–Kier alpha value is -2.56. The Morgan fingerprint density at radius 1 is 1.09 bits per heavy atom. The van der Waals surface area contributed by atoms with Crippen LogP contribution in [0.3, 0.4) is 0 Å². The molecule has 0 radical (unpaired) electrons. The maximum absolute atomic E-state index is 13.6. The van der Waals surface area contributed by atoms with Crippen LogP contribution in [0.4, 0.5) is 17.6 Å². The molecule has 0 spiro atoms. The highest BCUT2D eigenvalue weighted by Gasteiger charge is 2.35. The lowest BCUT2D eigenvalue weighted by Gasteiger charge is -2.17. The normalized spacial score (nSPS) is 13.7. The molecule has 3 aromatic rings. The number of hydrogen-bond donors (Lipinski definition) is 2. The summed E-state index contributed by atoms with van der Waals surface area (Å²) in [4.78, 5) is 0. The van der Waals surface area contributed by atoms with Gasteiger partial charge in [-0.05, 0) is 62.1 Å². The minimum atomic E-state index is -4.62. The molecule has 1 atom stereocenters. The Kier molecular flexibility index (Phi) is 7.47. The number of rotatable bonds is 9. The number of nitrogens with zero attached hydrogens (tertiary/aromatic N) is 2. The van der Waals surface area contributed by atoms with Crippen molar-refractivity contribution in [1.29, 1.82) is 0 Å². The number of nitrogens with two attached hydrogens (primary N) is 1. The van der Waals surface area contributed by atoms with Crippen LogP contribution in [0.25, 0.3) is 10.6 Å². The van der Waals surface area contributed by atoms with Crippen molar-refractivity contribution in [3.05, 3.63) is 64.4 Å². The van der Waals surface area contributed by atoms with Crippen molar-refractivity contribution in [2.24, 2.45) is 5.73 Å². The number of alkyl halides is 3. The third kappa shape index (κ3) is 6.02. The van der Waals surface area contributed by atoms with Crippen LogP contribution in [-0.4, -0.2) is 28.5 Å². The van der Waals surface area contributed by atoms with E-state index in [9.17, 15) is 22.7 Å². The SMILES string of the molecule is C[C@](N)(CO)c1nnc(-c2ccc(OCCCCc3cccc(F)c3)c(C(F)(F)F)c2)s1. The van der Waals surface area contributed by atoms with Gasteiger partial charge >= 0.3 is 6.18 Å². The third-order valence-electron chi connectivity index (χ3n) is 4.78. The van der Waals surface area contributed by atoms with E-state index in [0.29, 0.717) is 24.3 Å². The first kappa shape index (κ1) is 24.1. The Balaban J connectivity index is 1.68. The molecule has 3 rings (SSSR count). The maximum atomic E-state index is 13.6. The molecule has 0 saturated carbocycles. The Labute approximate surface area is 186 Å². The monoisotopic (exact) mass is 469 g/mol. The molecule has 0 fully saturated rings. The Morgan fingerprint density at radius 3 is 2.56 bits per heavy atom. The highest BCUT2D eigenvalue weighted by molar-refractivity contribution is 7.14. The Morgan fingerprint density at radius 2 is 1.88 bits per heavy atom. The van der Waals surface area contributed by atoms with Gasteiger partial charge < -0.3 is 15.6 Å².